The SMILES string of the molecule is CC1(C)c2ccccc2-c2ccc(N(c3cccc(-c4ccccc4)c3)c3cccc4c3-c3cccc(-c5ccccc5)c3-c3cc5ccccc5cc3O4)cc21. The molecule has 1 aliphatic heterocycles. The Hall–Kier alpha value is -7.16. The number of rotatable bonds is 5. The van der Waals surface area contributed by atoms with E-state index in [0.717, 1.165) is 56.2 Å². The van der Waals surface area contributed by atoms with E-state index in [1.807, 2.05) is 0 Å². The highest BCUT2D eigenvalue weighted by molar-refractivity contribution is 6.06. The molecule has 0 aromatic heterocycles. The van der Waals surface area contributed by atoms with Crippen LogP contribution < -0.4 is 9.64 Å². The molecule has 2 heteroatoms. The van der Waals surface area contributed by atoms with Crippen LogP contribution in [0.4, 0.5) is 17.1 Å². The second-order valence-corrected chi connectivity index (χ2v) is 15.7. The van der Waals surface area contributed by atoms with Gasteiger partial charge in [-0.15, -0.1) is 0 Å². The van der Waals surface area contributed by atoms with E-state index in [-0.39, 0.29) is 5.41 Å². The maximum atomic E-state index is 7.16. The van der Waals surface area contributed by atoms with E-state index >= 15 is 0 Å². The van der Waals surface area contributed by atoms with Crippen molar-refractivity contribution in [3.8, 4) is 67.1 Å². The maximum absolute atomic E-state index is 7.16. The Morgan fingerprint density at radius 1 is 0.368 bits per heavy atom. The van der Waals surface area contributed by atoms with Crippen molar-refractivity contribution < 1.29 is 4.74 Å². The summed E-state index contributed by atoms with van der Waals surface area (Å²) < 4.78 is 7.16. The third kappa shape index (κ3) is 5.33. The number of fused-ring (bicyclic) bond motifs is 9. The smallest absolute Gasteiger partial charge is 0.137 e. The van der Waals surface area contributed by atoms with E-state index in [2.05, 4.69) is 219 Å². The molecule has 0 unspecified atom stereocenters. The maximum Gasteiger partial charge on any atom is 0.137 e. The summed E-state index contributed by atoms with van der Waals surface area (Å²) >= 11 is 0. The normalized spacial score (nSPS) is 13.0. The van der Waals surface area contributed by atoms with Crippen molar-refractivity contribution in [3.05, 3.63) is 211 Å². The number of benzene rings is 9. The van der Waals surface area contributed by atoms with Crippen LogP contribution in [0.5, 0.6) is 11.5 Å². The summed E-state index contributed by atoms with van der Waals surface area (Å²) in [5, 5.41) is 2.33. The van der Waals surface area contributed by atoms with Crippen molar-refractivity contribution in [2.24, 2.45) is 0 Å². The van der Waals surface area contributed by atoms with Crippen LogP contribution in [0.25, 0.3) is 66.4 Å². The van der Waals surface area contributed by atoms with Crippen molar-refractivity contribution in [1.82, 2.24) is 0 Å². The fourth-order valence-corrected chi connectivity index (χ4v) is 9.30. The Balaban J connectivity index is 1.20. The fraction of sp³-hybridized carbons (Fsp3) is 0.0545. The van der Waals surface area contributed by atoms with Gasteiger partial charge in [0.1, 0.15) is 11.5 Å². The molecule has 0 N–H and O–H groups in total. The molecule has 9 aromatic rings. The lowest BCUT2D eigenvalue weighted by Gasteiger charge is -2.31. The van der Waals surface area contributed by atoms with Crippen molar-refractivity contribution in [3.63, 3.8) is 0 Å². The lowest BCUT2D eigenvalue weighted by molar-refractivity contribution is 0.488. The first-order chi connectivity index (χ1) is 28.0. The van der Waals surface area contributed by atoms with Crippen LogP contribution >= 0.6 is 0 Å². The highest BCUT2D eigenvalue weighted by Crippen LogP contribution is 2.56. The standard InChI is InChI=1S/C55H39NO/c1-55(2)48-27-12-11-24-44(48)45-31-30-42(35-49(45)55)56(41-23-13-22-38(32-41)36-16-5-3-6-17-36)50-28-15-29-51-54(50)46-26-14-25-43(37-18-7-4-8-19-37)53(46)47-33-39-20-9-10-21-40(39)34-52(47)57-51/h3-35H,1-2H3. The molecule has 9 aromatic carbocycles. The predicted octanol–water partition coefficient (Wildman–Crippen LogP) is 15.4. The van der Waals surface area contributed by atoms with E-state index < -0.39 is 0 Å². The van der Waals surface area contributed by atoms with Crippen LogP contribution in [0.2, 0.25) is 0 Å². The molecule has 2 aliphatic rings. The summed E-state index contributed by atoms with van der Waals surface area (Å²) in [4.78, 5) is 2.44. The highest BCUT2D eigenvalue weighted by atomic mass is 16.5. The van der Waals surface area contributed by atoms with Gasteiger partial charge < -0.3 is 9.64 Å². The van der Waals surface area contributed by atoms with Crippen molar-refractivity contribution >= 4 is 27.8 Å². The van der Waals surface area contributed by atoms with Gasteiger partial charge in [0, 0.05) is 33.5 Å². The van der Waals surface area contributed by atoms with Crippen LogP contribution in [-0.2, 0) is 5.41 Å². The Morgan fingerprint density at radius 3 is 1.81 bits per heavy atom. The topological polar surface area (TPSA) is 12.5 Å². The number of ether oxygens (including phenoxy) is 1. The first-order valence-corrected chi connectivity index (χ1v) is 19.8. The fourth-order valence-electron chi connectivity index (χ4n) is 9.30. The molecule has 1 heterocycles. The summed E-state index contributed by atoms with van der Waals surface area (Å²) in [6.07, 6.45) is 0. The second-order valence-electron chi connectivity index (χ2n) is 15.7. The largest absolute Gasteiger partial charge is 0.456 e. The van der Waals surface area contributed by atoms with Gasteiger partial charge >= 0.3 is 0 Å². The van der Waals surface area contributed by atoms with Gasteiger partial charge in [0.05, 0.1) is 5.69 Å². The quantitative estimate of drug-likeness (QED) is 0.175. The third-order valence-electron chi connectivity index (χ3n) is 12.0. The van der Waals surface area contributed by atoms with Crippen LogP contribution in [-0.4, -0.2) is 0 Å². The van der Waals surface area contributed by atoms with Crippen LogP contribution in [0.3, 0.4) is 0 Å². The predicted molar refractivity (Wildman–Crippen MR) is 238 cm³/mol. The molecule has 270 valence electrons. The number of nitrogens with zero attached hydrogens (tertiary/aromatic N) is 1. The van der Waals surface area contributed by atoms with Crippen molar-refractivity contribution in [2.45, 2.75) is 19.3 Å². The average Bonchev–Trinajstić information content (AvgIpc) is 3.39. The van der Waals surface area contributed by atoms with Crippen LogP contribution in [0, 0.1) is 0 Å². The summed E-state index contributed by atoms with van der Waals surface area (Å²) in [6, 6.07) is 72.6. The molecule has 2 nitrogen and oxygen atoms in total. The van der Waals surface area contributed by atoms with Gasteiger partial charge in [-0.3, -0.25) is 0 Å². The molecule has 0 saturated heterocycles. The molecule has 57 heavy (non-hydrogen) atoms. The molecule has 0 bridgehead atoms. The number of hydrogen-bond donors (Lipinski definition) is 0. The third-order valence-corrected chi connectivity index (χ3v) is 12.0. The minimum atomic E-state index is -0.156. The van der Waals surface area contributed by atoms with Crippen LogP contribution in [0.1, 0.15) is 25.0 Å². The van der Waals surface area contributed by atoms with Crippen LogP contribution in [0.15, 0.2) is 200 Å². The lowest BCUT2D eigenvalue weighted by atomic mass is 9.82. The molecule has 0 spiro atoms. The van der Waals surface area contributed by atoms with E-state index in [1.165, 1.54) is 49.9 Å². The zero-order chi connectivity index (χ0) is 38.1. The average molecular weight is 730 g/mol. The zero-order valence-electron chi connectivity index (χ0n) is 31.9. The molecule has 0 atom stereocenters. The van der Waals surface area contributed by atoms with E-state index in [0.29, 0.717) is 0 Å². The first kappa shape index (κ1) is 33.2. The number of hydrogen-bond acceptors (Lipinski definition) is 2. The van der Waals surface area contributed by atoms with Gasteiger partial charge in [0.2, 0.25) is 0 Å². The summed E-state index contributed by atoms with van der Waals surface area (Å²) in [7, 11) is 0. The van der Waals surface area contributed by atoms with Gasteiger partial charge in [0.25, 0.3) is 0 Å². The van der Waals surface area contributed by atoms with Gasteiger partial charge in [-0.1, -0.05) is 166 Å². The number of anilines is 3. The minimum Gasteiger partial charge on any atom is -0.456 e. The molecule has 1 aliphatic carbocycles. The Morgan fingerprint density at radius 2 is 0.982 bits per heavy atom. The monoisotopic (exact) mass is 729 g/mol. The first-order valence-electron chi connectivity index (χ1n) is 19.8. The highest BCUT2D eigenvalue weighted by Gasteiger charge is 2.36. The van der Waals surface area contributed by atoms with Crippen molar-refractivity contribution in [2.75, 3.05) is 4.90 Å². The molecule has 0 radical (unpaired) electrons. The molecule has 0 saturated carbocycles. The Bertz CT molecular complexity index is 3020. The van der Waals surface area contributed by atoms with Gasteiger partial charge in [-0.05, 0) is 109 Å². The van der Waals surface area contributed by atoms with Crippen molar-refractivity contribution in [1.29, 1.82) is 0 Å². The van der Waals surface area contributed by atoms with E-state index in [1.54, 1.807) is 0 Å². The van der Waals surface area contributed by atoms with E-state index in [9.17, 15) is 0 Å². The summed E-state index contributed by atoms with van der Waals surface area (Å²) in [6.45, 7) is 4.71. The second kappa shape index (κ2) is 13.0. The molecule has 0 fully saturated rings. The Kier molecular flexibility index (Phi) is 7.55. The zero-order valence-corrected chi connectivity index (χ0v) is 31.9. The summed E-state index contributed by atoms with van der Waals surface area (Å²) in [5.41, 5.74) is 17.5. The molecular formula is C55H39NO. The molecule has 11 rings (SSSR count). The van der Waals surface area contributed by atoms with Gasteiger partial charge in [0.15, 0.2) is 0 Å². The van der Waals surface area contributed by atoms with Gasteiger partial charge in [-0.2, -0.15) is 0 Å². The lowest BCUT2D eigenvalue weighted by Crippen LogP contribution is -2.17. The molecule has 0 amide bonds. The minimum absolute atomic E-state index is 0.156. The van der Waals surface area contributed by atoms with E-state index in [4.69, 9.17) is 4.74 Å². The Labute approximate surface area is 333 Å². The van der Waals surface area contributed by atoms with Gasteiger partial charge in [-0.25, -0.2) is 0 Å². The molecular weight excluding hydrogens is 691 g/mol. The summed E-state index contributed by atoms with van der Waals surface area (Å²) in [5.74, 6) is 1.68.